The predicted octanol–water partition coefficient (Wildman–Crippen LogP) is 0.748. The summed E-state index contributed by atoms with van der Waals surface area (Å²) in [5, 5.41) is 18.7. The first kappa shape index (κ1) is 14.1. The number of aliphatic hydroxyl groups excluding tert-OH is 1. The highest BCUT2D eigenvalue weighted by Crippen LogP contribution is 2.25. The molecule has 108 valence electrons. The molecule has 0 saturated carbocycles. The Morgan fingerprint density at radius 1 is 1.32 bits per heavy atom. The van der Waals surface area contributed by atoms with Gasteiger partial charge in [0.15, 0.2) is 0 Å². The Morgan fingerprint density at radius 3 is 2.68 bits per heavy atom. The Balaban J connectivity index is 1.97. The van der Waals surface area contributed by atoms with Crippen LogP contribution in [0.15, 0.2) is 0 Å². The molecule has 2 aliphatic rings. The molecule has 2 heterocycles. The molecule has 2 N–H and O–H groups in total. The molecule has 2 saturated heterocycles. The first-order valence-corrected chi connectivity index (χ1v) is 6.99. The largest absolute Gasteiger partial charge is 0.480 e. The fraction of sp³-hybridized carbons (Fsp3) is 0.846. The second kappa shape index (κ2) is 5.77. The Labute approximate surface area is 113 Å². The zero-order valence-corrected chi connectivity index (χ0v) is 11.3. The van der Waals surface area contributed by atoms with Crippen LogP contribution >= 0.6 is 0 Å². The van der Waals surface area contributed by atoms with Crippen molar-refractivity contribution in [1.82, 2.24) is 9.80 Å². The van der Waals surface area contributed by atoms with Crippen LogP contribution in [-0.2, 0) is 4.79 Å². The average molecular weight is 270 g/mol. The van der Waals surface area contributed by atoms with E-state index in [1.807, 2.05) is 0 Å². The van der Waals surface area contributed by atoms with Gasteiger partial charge in [0.25, 0.3) is 0 Å². The lowest BCUT2D eigenvalue weighted by Crippen LogP contribution is -2.47. The van der Waals surface area contributed by atoms with E-state index in [2.05, 4.69) is 6.92 Å². The molecule has 0 aromatic heterocycles. The maximum atomic E-state index is 12.3. The molecule has 6 nitrogen and oxygen atoms in total. The van der Waals surface area contributed by atoms with Crippen LogP contribution in [0.5, 0.6) is 0 Å². The minimum Gasteiger partial charge on any atom is -0.480 e. The van der Waals surface area contributed by atoms with Crippen molar-refractivity contribution >= 4 is 12.0 Å². The van der Waals surface area contributed by atoms with Crippen molar-refractivity contribution in [2.24, 2.45) is 5.92 Å². The monoisotopic (exact) mass is 270 g/mol. The van der Waals surface area contributed by atoms with E-state index in [1.165, 1.54) is 4.90 Å². The number of carbonyl (C=O) groups is 2. The van der Waals surface area contributed by atoms with Crippen molar-refractivity contribution in [1.29, 1.82) is 0 Å². The predicted molar refractivity (Wildman–Crippen MR) is 68.7 cm³/mol. The smallest absolute Gasteiger partial charge is 0.326 e. The normalized spacial score (nSPS) is 30.9. The summed E-state index contributed by atoms with van der Waals surface area (Å²) >= 11 is 0. The number of urea groups is 1. The van der Waals surface area contributed by atoms with Crippen LogP contribution in [0.1, 0.15) is 32.6 Å². The summed E-state index contributed by atoms with van der Waals surface area (Å²) < 4.78 is 0. The van der Waals surface area contributed by atoms with E-state index < -0.39 is 18.1 Å². The van der Waals surface area contributed by atoms with Crippen molar-refractivity contribution < 1.29 is 19.8 Å². The topological polar surface area (TPSA) is 81.1 Å². The van der Waals surface area contributed by atoms with E-state index in [-0.39, 0.29) is 19.0 Å². The van der Waals surface area contributed by atoms with E-state index in [0.29, 0.717) is 19.0 Å². The number of hydrogen-bond acceptors (Lipinski definition) is 3. The molecule has 0 aromatic rings. The molecule has 0 spiro atoms. The third-order valence-electron chi connectivity index (χ3n) is 4.06. The molecule has 6 heteroatoms. The number of likely N-dealkylation sites (tertiary alicyclic amines) is 2. The van der Waals surface area contributed by atoms with Crippen molar-refractivity contribution in [3.8, 4) is 0 Å². The van der Waals surface area contributed by atoms with Gasteiger partial charge >= 0.3 is 12.0 Å². The molecule has 3 atom stereocenters. The lowest BCUT2D eigenvalue weighted by Gasteiger charge is -2.27. The summed E-state index contributed by atoms with van der Waals surface area (Å²) in [5.41, 5.74) is 0. The van der Waals surface area contributed by atoms with Gasteiger partial charge in [-0.15, -0.1) is 0 Å². The highest BCUT2D eigenvalue weighted by atomic mass is 16.4. The Kier molecular flexibility index (Phi) is 4.29. The summed E-state index contributed by atoms with van der Waals surface area (Å²) in [6.45, 7) is 3.67. The molecule has 0 bridgehead atoms. The van der Waals surface area contributed by atoms with Gasteiger partial charge in [-0.25, -0.2) is 9.59 Å². The molecule has 0 radical (unpaired) electrons. The number of hydrogen-bond donors (Lipinski definition) is 2. The summed E-state index contributed by atoms with van der Waals surface area (Å²) in [4.78, 5) is 26.5. The number of carbonyl (C=O) groups excluding carboxylic acids is 1. The van der Waals surface area contributed by atoms with Gasteiger partial charge in [-0.05, 0) is 18.8 Å². The van der Waals surface area contributed by atoms with E-state index in [0.717, 1.165) is 19.3 Å². The lowest BCUT2D eigenvalue weighted by molar-refractivity contribution is -0.141. The molecule has 0 aliphatic carbocycles. The van der Waals surface area contributed by atoms with Crippen LogP contribution in [0.2, 0.25) is 0 Å². The fourth-order valence-corrected chi connectivity index (χ4v) is 3.09. The van der Waals surface area contributed by atoms with E-state index in [9.17, 15) is 14.7 Å². The SMILES string of the molecule is CCCC1CCN(C(=O)N2C[C@H](O)C[C@H]2C(=O)O)C1. The maximum absolute atomic E-state index is 12.3. The highest BCUT2D eigenvalue weighted by Gasteiger charge is 2.41. The van der Waals surface area contributed by atoms with Crippen LogP contribution < -0.4 is 0 Å². The molecule has 0 aromatic carbocycles. The first-order chi connectivity index (χ1) is 9.02. The number of β-amino-alcohol motifs (C(OH)–C–C–N with tert-alkyl or cyclic N) is 1. The van der Waals surface area contributed by atoms with Gasteiger partial charge in [0, 0.05) is 26.1 Å². The summed E-state index contributed by atoms with van der Waals surface area (Å²) in [5.74, 6) is -0.501. The lowest BCUT2D eigenvalue weighted by atomic mass is 10.0. The average Bonchev–Trinajstić information content (AvgIpc) is 2.95. The van der Waals surface area contributed by atoms with Gasteiger partial charge in [0.2, 0.25) is 0 Å². The summed E-state index contributed by atoms with van der Waals surface area (Å²) in [7, 11) is 0. The number of nitrogens with zero attached hydrogens (tertiary/aromatic N) is 2. The van der Waals surface area contributed by atoms with Crippen LogP contribution in [0.25, 0.3) is 0 Å². The van der Waals surface area contributed by atoms with Crippen LogP contribution in [0, 0.1) is 5.92 Å². The van der Waals surface area contributed by atoms with Gasteiger partial charge in [-0.3, -0.25) is 0 Å². The number of carboxylic acids is 1. The zero-order chi connectivity index (χ0) is 14.0. The number of aliphatic hydroxyl groups is 1. The van der Waals surface area contributed by atoms with Gasteiger partial charge in [0.05, 0.1) is 6.10 Å². The second-order valence-electron chi connectivity index (χ2n) is 5.57. The third-order valence-corrected chi connectivity index (χ3v) is 4.06. The Hall–Kier alpha value is -1.30. The quantitative estimate of drug-likeness (QED) is 0.793. The molecule has 2 fully saturated rings. The zero-order valence-electron chi connectivity index (χ0n) is 11.3. The van der Waals surface area contributed by atoms with E-state index in [4.69, 9.17) is 5.11 Å². The first-order valence-electron chi connectivity index (χ1n) is 6.99. The van der Waals surface area contributed by atoms with Crippen molar-refractivity contribution in [3.63, 3.8) is 0 Å². The molecule has 2 amide bonds. The summed E-state index contributed by atoms with van der Waals surface area (Å²) in [6, 6.07) is -1.12. The standard InChI is InChI=1S/C13H22N2O4/c1-2-3-9-4-5-14(7-9)13(19)15-8-10(16)6-11(15)12(17)18/h9-11,16H,2-8H2,1H3,(H,17,18)/t9?,10-,11+/m1/s1. The number of amides is 2. The number of carboxylic acid groups (broad SMARTS) is 1. The Bertz CT molecular complexity index is 361. The molecular formula is C13H22N2O4. The van der Waals surface area contributed by atoms with Crippen molar-refractivity contribution in [2.45, 2.75) is 44.8 Å². The minimum absolute atomic E-state index is 0.130. The minimum atomic E-state index is -1.03. The van der Waals surface area contributed by atoms with Gasteiger partial charge in [-0.2, -0.15) is 0 Å². The summed E-state index contributed by atoms with van der Waals surface area (Å²) in [6.07, 6.45) is 2.61. The molecule has 19 heavy (non-hydrogen) atoms. The Morgan fingerprint density at radius 2 is 2.05 bits per heavy atom. The fourth-order valence-electron chi connectivity index (χ4n) is 3.09. The van der Waals surface area contributed by atoms with Crippen molar-refractivity contribution in [2.75, 3.05) is 19.6 Å². The van der Waals surface area contributed by atoms with E-state index in [1.54, 1.807) is 4.90 Å². The highest BCUT2D eigenvalue weighted by molar-refractivity contribution is 5.83. The van der Waals surface area contributed by atoms with Gasteiger partial charge in [-0.1, -0.05) is 13.3 Å². The molecular weight excluding hydrogens is 248 g/mol. The van der Waals surface area contributed by atoms with Crippen LogP contribution in [-0.4, -0.2) is 63.8 Å². The van der Waals surface area contributed by atoms with Gasteiger partial charge in [0.1, 0.15) is 6.04 Å². The number of aliphatic carboxylic acids is 1. The van der Waals surface area contributed by atoms with Gasteiger partial charge < -0.3 is 20.0 Å². The van der Waals surface area contributed by atoms with Crippen LogP contribution in [0.4, 0.5) is 4.79 Å². The van der Waals surface area contributed by atoms with E-state index >= 15 is 0 Å². The molecule has 1 unspecified atom stereocenters. The maximum Gasteiger partial charge on any atom is 0.326 e. The van der Waals surface area contributed by atoms with Crippen molar-refractivity contribution in [3.05, 3.63) is 0 Å². The third kappa shape index (κ3) is 3.00. The second-order valence-corrected chi connectivity index (χ2v) is 5.57. The molecule has 2 rings (SSSR count). The molecule has 2 aliphatic heterocycles. The van der Waals surface area contributed by atoms with Crippen LogP contribution in [0.3, 0.4) is 0 Å². The number of rotatable bonds is 3.